The Labute approximate surface area is 177 Å². The van der Waals surface area contributed by atoms with Gasteiger partial charge in [-0.15, -0.1) is 0 Å². The predicted octanol–water partition coefficient (Wildman–Crippen LogP) is 3.80. The zero-order valence-electron chi connectivity index (χ0n) is 16.4. The number of benzene rings is 3. The van der Waals surface area contributed by atoms with E-state index in [0.717, 1.165) is 27.8 Å². The number of carbonyl (C=O) groups excluding carboxylic acids is 2. The summed E-state index contributed by atoms with van der Waals surface area (Å²) in [4.78, 5) is 26.4. The third kappa shape index (κ3) is 3.44. The molecule has 0 bridgehead atoms. The van der Waals surface area contributed by atoms with Crippen LogP contribution in [0.25, 0.3) is 10.8 Å². The number of amides is 3. The fourth-order valence-corrected chi connectivity index (χ4v) is 4.48. The van der Waals surface area contributed by atoms with Crippen LogP contribution in [0.3, 0.4) is 0 Å². The van der Waals surface area contributed by atoms with Crippen LogP contribution in [-0.2, 0) is 26.7 Å². The van der Waals surface area contributed by atoms with E-state index in [0.29, 0.717) is 11.1 Å². The molecule has 1 aliphatic rings. The van der Waals surface area contributed by atoms with Crippen LogP contribution in [0.1, 0.15) is 18.1 Å². The normalized spacial score (nSPS) is 19.3. The quantitative estimate of drug-likeness (QED) is 0.607. The number of carbonyl (C=O) groups is 2. The van der Waals surface area contributed by atoms with Gasteiger partial charge in [-0.25, -0.2) is 13.2 Å². The largest absolute Gasteiger partial charge is 0.341 e. The molecular formula is C22H18F2N2O4S. The fraction of sp³-hybridized carbons (Fsp3) is 0.182. The number of halogens is 2. The van der Waals surface area contributed by atoms with Crippen molar-refractivity contribution in [1.29, 1.82) is 0 Å². The van der Waals surface area contributed by atoms with E-state index in [1.54, 1.807) is 13.0 Å². The Morgan fingerprint density at radius 3 is 2.29 bits per heavy atom. The van der Waals surface area contributed by atoms with Crippen molar-refractivity contribution in [2.75, 3.05) is 0 Å². The molecule has 1 saturated heterocycles. The van der Waals surface area contributed by atoms with E-state index in [9.17, 15) is 26.8 Å². The maximum absolute atomic E-state index is 13.2. The summed E-state index contributed by atoms with van der Waals surface area (Å²) in [7, 11) is -4.71. The van der Waals surface area contributed by atoms with Crippen molar-refractivity contribution in [2.24, 2.45) is 0 Å². The lowest BCUT2D eigenvalue weighted by Gasteiger charge is -2.24. The molecule has 1 N–H and O–H groups in total. The van der Waals surface area contributed by atoms with Crippen LogP contribution in [0.15, 0.2) is 71.6 Å². The molecular weight excluding hydrogens is 426 g/mol. The smallest absolute Gasteiger partial charge is 0.319 e. The predicted molar refractivity (Wildman–Crippen MR) is 110 cm³/mol. The first-order valence-corrected chi connectivity index (χ1v) is 10.9. The summed E-state index contributed by atoms with van der Waals surface area (Å²) >= 11 is 0. The van der Waals surface area contributed by atoms with Crippen LogP contribution in [-0.4, -0.2) is 31.0 Å². The highest BCUT2D eigenvalue weighted by atomic mass is 32.2. The van der Waals surface area contributed by atoms with Crippen molar-refractivity contribution in [3.8, 4) is 0 Å². The Morgan fingerprint density at radius 1 is 0.968 bits per heavy atom. The molecule has 160 valence electrons. The third-order valence-electron chi connectivity index (χ3n) is 5.43. The number of hydrogen-bond acceptors (Lipinski definition) is 4. The summed E-state index contributed by atoms with van der Waals surface area (Å²) in [5.41, 5.74) is -0.194. The lowest BCUT2D eigenvalue weighted by Crippen LogP contribution is -2.41. The Hall–Kier alpha value is -3.33. The van der Waals surface area contributed by atoms with E-state index in [2.05, 4.69) is 5.32 Å². The van der Waals surface area contributed by atoms with Gasteiger partial charge in [-0.05, 0) is 41.0 Å². The molecule has 0 spiro atoms. The van der Waals surface area contributed by atoms with Gasteiger partial charge >= 0.3 is 11.8 Å². The van der Waals surface area contributed by atoms with Crippen molar-refractivity contribution in [3.63, 3.8) is 0 Å². The van der Waals surface area contributed by atoms with Gasteiger partial charge in [0.15, 0.2) is 0 Å². The topological polar surface area (TPSA) is 83.6 Å². The van der Waals surface area contributed by atoms with Crippen LogP contribution >= 0.6 is 0 Å². The van der Waals surface area contributed by atoms with Gasteiger partial charge < -0.3 is 5.32 Å². The number of rotatable bonds is 5. The average Bonchev–Trinajstić information content (AvgIpc) is 2.97. The SMILES string of the molecule is C[C@@]1(c2cccc3ccccc23)NC(=O)N(Cc2ccc(S(=O)(=O)C(F)F)cc2)C1=O. The second-order valence-corrected chi connectivity index (χ2v) is 9.34. The molecule has 4 rings (SSSR count). The maximum atomic E-state index is 13.2. The minimum atomic E-state index is -4.71. The molecule has 1 atom stereocenters. The van der Waals surface area contributed by atoms with E-state index in [1.807, 2.05) is 36.4 Å². The fourth-order valence-electron chi connectivity index (χ4n) is 3.75. The van der Waals surface area contributed by atoms with E-state index in [4.69, 9.17) is 0 Å². The van der Waals surface area contributed by atoms with Gasteiger partial charge in [0.05, 0.1) is 11.4 Å². The third-order valence-corrected chi connectivity index (χ3v) is 6.83. The number of urea groups is 1. The van der Waals surface area contributed by atoms with Gasteiger partial charge in [-0.1, -0.05) is 54.6 Å². The van der Waals surface area contributed by atoms with E-state index in [1.165, 1.54) is 12.1 Å². The van der Waals surface area contributed by atoms with Gasteiger partial charge in [0, 0.05) is 0 Å². The molecule has 0 aliphatic carbocycles. The van der Waals surface area contributed by atoms with E-state index < -0.39 is 38.0 Å². The Balaban J connectivity index is 1.63. The summed E-state index contributed by atoms with van der Waals surface area (Å²) in [6.45, 7) is 1.51. The molecule has 1 aliphatic heterocycles. The van der Waals surface area contributed by atoms with Crippen LogP contribution in [0, 0.1) is 0 Å². The molecule has 0 aromatic heterocycles. The summed E-state index contributed by atoms with van der Waals surface area (Å²) in [5.74, 6) is -3.98. The minimum Gasteiger partial charge on any atom is -0.319 e. The molecule has 31 heavy (non-hydrogen) atoms. The Bertz CT molecular complexity index is 1290. The van der Waals surface area contributed by atoms with Gasteiger partial charge in [0.1, 0.15) is 5.54 Å². The minimum absolute atomic E-state index is 0.125. The number of hydrogen-bond donors (Lipinski definition) is 1. The monoisotopic (exact) mass is 444 g/mol. The number of sulfone groups is 1. The second-order valence-electron chi connectivity index (χ2n) is 7.42. The summed E-state index contributed by atoms with van der Waals surface area (Å²) in [6, 6.07) is 17.1. The summed E-state index contributed by atoms with van der Waals surface area (Å²) in [5, 5.41) is 4.52. The number of nitrogens with zero attached hydrogens (tertiary/aromatic N) is 1. The van der Waals surface area contributed by atoms with E-state index in [-0.39, 0.29) is 6.54 Å². The standard InChI is InChI=1S/C22H18F2N2O4S/c1-22(18-8-4-6-15-5-2-3-7-17(15)18)19(27)26(21(28)25-22)13-14-9-11-16(12-10-14)31(29,30)20(23)24/h2-12,20H,13H2,1H3,(H,25,28)/t22-/m0/s1. The highest BCUT2D eigenvalue weighted by molar-refractivity contribution is 7.91. The second kappa shape index (κ2) is 7.42. The molecule has 6 nitrogen and oxygen atoms in total. The van der Waals surface area contributed by atoms with Crippen LogP contribution in [0.2, 0.25) is 0 Å². The molecule has 1 fully saturated rings. The van der Waals surface area contributed by atoms with Crippen LogP contribution < -0.4 is 5.32 Å². The van der Waals surface area contributed by atoms with Crippen molar-refractivity contribution >= 4 is 32.5 Å². The zero-order valence-corrected chi connectivity index (χ0v) is 17.2. The zero-order chi connectivity index (χ0) is 22.4. The lowest BCUT2D eigenvalue weighted by molar-refractivity contribution is -0.131. The number of imide groups is 1. The first-order chi connectivity index (χ1) is 14.6. The van der Waals surface area contributed by atoms with Crippen molar-refractivity contribution < 1.29 is 26.8 Å². The van der Waals surface area contributed by atoms with E-state index >= 15 is 0 Å². The maximum Gasteiger partial charge on any atom is 0.341 e. The van der Waals surface area contributed by atoms with Gasteiger partial charge in [0.25, 0.3) is 5.91 Å². The first-order valence-electron chi connectivity index (χ1n) is 9.38. The average molecular weight is 444 g/mol. The molecule has 1 heterocycles. The lowest BCUT2D eigenvalue weighted by atomic mass is 9.88. The van der Waals surface area contributed by atoms with Crippen molar-refractivity contribution in [1.82, 2.24) is 10.2 Å². The highest BCUT2D eigenvalue weighted by Gasteiger charge is 2.49. The summed E-state index contributed by atoms with van der Waals surface area (Å²) in [6.07, 6.45) is 0. The number of alkyl halides is 2. The van der Waals surface area contributed by atoms with Gasteiger partial charge in [-0.2, -0.15) is 8.78 Å². The van der Waals surface area contributed by atoms with Crippen LogP contribution in [0.4, 0.5) is 13.6 Å². The molecule has 0 unspecified atom stereocenters. The molecule has 0 saturated carbocycles. The molecule has 0 radical (unpaired) electrons. The van der Waals surface area contributed by atoms with Gasteiger partial charge in [0.2, 0.25) is 9.84 Å². The molecule has 9 heteroatoms. The van der Waals surface area contributed by atoms with Gasteiger partial charge in [-0.3, -0.25) is 9.69 Å². The number of nitrogens with one attached hydrogen (secondary N) is 1. The first kappa shape index (κ1) is 20.9. The molecule has 3 aromatic carbocycles. The van der Waals surface area contributed by atoms with Crippen LogP contribution in [0.5, 0.6) is 0 Å². The van der Waals surface area contributed by atoms with Crippen molar-refractivity contribution in [3.05, 3.63) is 77.9 Å². The molecule has 3 aromatic rings. The summed E-state index contributed by atoms with van der Waals surface area (Å²) < 4.78 is 48.5. The highest BCUT2D eigenvalue weighted by Crippen LogP contribution is 2.34. The van der Waals surface area contributed by atoms with Crippen molar-refractivity contribution in [2.45, 2.75) is 29.7 Å². The Morgan fingerprint density at radius 2 is 1.61 bits per heavy atom. The number of fused-ring (bicyclic) bond motifs is 1. The molecule has 3 amide bonds. The Kier molecular flexibility index (Phi) is 5.01.